The van der Waals surface area contributed by atoms with E-state index in [1.54, 1.807) is 6.20 Å². The van der Waals surface area contributed by atoms with Gasteiger partial charge in [-0.2, -0.15) is 0 Å². The van der Waals surface area contributed by atoms with Gasteiger partial charge in [-0.15, -0.1) is 0 Å². The molecule has 1 aromatic rings. The summed E-state index contributed by atoms with van der Waals surface area (Å²) in [5.41, 5.74) is 1.38. The van der Waals surface area contributed by atoms with Crippen LogP contribution in [0.25, 0.3) is 0 Å². The molecule has 1 aromatic heterocycles. The van der Waals surface area contributed by atoms with Gasteiger partial charge in [0.2, 0.25) is 0 Å². The third-order valence-electron chi connectivity index (χ3n) is 4.25. The molecule has 3 nitrogen and oxygen atoms in total. The smallest absolute Gasteiger partial charge is 0.0634 e. The molecule has 19 heavy (non-hydrogen) atoms. The van der Waals surface area contributed by atoms with Crippen LogP contribution in [-0.4, -0.2) is 34.6 Å². The van der Waals surface area contributed by atoms with Crippen molar-refractivity contribution < 1.29 is 0 Å². The highest BCUT2D eigenvalue weighted by Crippen LogP contribution is 2.38. The molecule has 0 aromatic carbocycles. The monoisotopic (exact) mass is 279 g/mol. The van der Waals surface area contributed by atoms with E-state index in [9.17, 15) is 0 Å². The molecule has 3 rings (SSSR count). The topological polar surface area (TPSA) is 28.2 Å². The van der Waals surface area contributed by atoms with Crippen LogP contribution in [0.1, 0.15) is 32.3 Å². The summed E-state index contributed by atoms with van der Waals surface area (Å²) in [6.45, 7) is 7.66. The van der Waals surface area contributed by atoms with Gasteiger partial charge in [0.1, 0.15) is 0 Å². The van der Waals surface area contributed by atoms with E-state index in [2.05, 4.69) is 29.0 Å². The number of piperazine rings is 1. The van der Waals surface area contributed by atoms with Crippen LogP contribution in [0.2, 0.25) is 5.02 Å². The molecule has 2 heterocycles. The standard InChI is InChI=1S/C15H22ClN3/c1-15(2)10-19(14(8-18-15)11-3-4-11)9-12-5-6-17-7-13(12)16/h5-7,11,14,18H,3-4,8-10H2,1-2H3. The number of nitrogens with one attached hydrogen (secondary N) is 1. The van der Waals surface area contributed by atoms with Crippen molar-refractivity contribution in [3.05, 3.63) is 29.0 Å². The summed E-state index contributed by atoms with van der Waals surface area (Å²) in [6.07, 6.45) is 6.34. The Morgan fingerprint density at radius 2 is 2.26 bits per heavy atom. The van der Waals surface area contributed by atoms with Crippen LogP contribution in [0.15, 0.2) is 18.5 Å². The third kappa shape index (κ3) is 3.10. The van der Waals surface area contributed by atoms with Gasteiger partial charge in [-0.3, -0.25) is 9.88 Å². The fourth-order valence-corrected chi connectivity index (χ4v) is 3.24. The average molecular weight is 280 g/mol. The SMILES string of the molecule is CC1(C)CN(Cc2ccncc2Cl)C(C2CC2)CN1. The van der Waals surface area contributed by atoms with Gasteiger partial charge in [0.15, 0.2) is 0 Å². The number of hydrogen-bond donors (Lipinski definition) is 1. The molecule has 1 atom stereocenters. The Kier molecular flexibility index (Phi) is 3.54. The minimum atomic E-state index is 0.185. The van der Waals surface area contributed by atoms with Crippen LogP contribution in [-0.2, 0) is 6.54 Å². The van der Waals surface area contributed by atoms with Crippen LogP contribution in [0.5, 0.6) is 0 Å². The minimum absolute atomic E-state index is 0.185. The predicted octanol–water partition coefficient (Wildman–Crippen LogP) is 2.70. The minimum Gasteiger partial charge on any atom is -0.309 e. The number of aromatic nitrogens is 1. The molecular formula is C15H22ClN3. The van der Waals surface area contributed by atoms with E-state index in [1.807, 2.05) is 12.3 Å². The van der Waals surface area contributed by atoms with Crippen molar-refractivity contribution in [1.29, 1.82) is 0 Å². The molecule has 0 bridgehead atoms. The Labute approximate surface area is 120 Å². The van der Waals surface area contributed by atoms with Crippen LogP contribution in [0.4, 0.5) is 0 Å². The number of hydrogen-bond acceptors (Lipinski definition) is 3. The van der Waals surface area contributed by atoms with Gasteiger partial charge in [0.05, 0.1) is 5.02 Å². The second-order valence-electron chi connectivity index (χ2n) is 6.54. The van der Waals surface area contributed by atoms with Crippen molar-refractivity contribution >= 4 is 11.6 Å². The third-order valence-corrected chi connectivity index (χ3v) is 4.59. The molecule has 4 heteroatoms. The van der Waals surface area contributed by atoms with E-state index in [0.717, 1.165) is 30.6 Å². The lowest BCUT2D eigenvalue weighted by Gasteiger charge is -2.45. The maximum absolute atomic E-state index is 6.25. The van der Waals surface area contributed by atoms with Gasteiger partial charge in [0, 0.05) is 43.6 Å². The molecule has 1 aliphatic carbocycles. The second-order valence-corrected chi connectivity index (χ2v) is 6.95. The van der Waals surface area contributed by atoms with Crippen LogP contribution in [0.3, 0.4) is 0 Å². The molecule has 0 radical (unpaired) electrons. The average Bonchev–Trinajstić information content (AvgIpc) is 3.15. The molecule has 1 aliphatic heterocycles. The van der Waals surface area contributed by atoms with Crippen molar-refractivity contribution in [2.75, 3.05) is 13.1 Å². The predicted molar refractivity (Wildman–Crippen MR) is 78.3 cm³/mol. The van der Waals surface area contributed by atoms with E-state index in [1.165, 1.54) is 18.4 Å². The van der Waals surface area contributed by atoms with E-state index in [4.69, 9.17) is 11.6 Å². The first-order chi connectivity index (χ1) is 9.05. The normalized spacial score (nSPS) is 27.4. The highest BCUT2D eigenvalue weighted by Gasteiger charge is 2.40. The van der Waals surface area contributed by atoms with E-state index >= 15 is 0 Å². The van der Waals surface area contributed by atoms with Crippen LogP contribution >= 0.6 is 11.6 Å². The fourth-order valence-electron chi connectivity index (χ4n) is 3.06. The molecule has 104 valence electrons. The number of rotatable bonds is 3. The van der Waals surface area contributed by atoms with Gasteiger partial charge in [-0.25, -0.2) is 0 Å². The van der Waals surface area contributed by atoms with Gasteiger partial charge in [0.25, 0.3) is 0 Å². The summed E-state index contributed by atoms with van der Waals surface area (Å²) >= 11 is 6.25. The number of pyridine rings is 1. The lowest BCUT2D eigenvalue weighted by molar-refractivity contribution is 0.0759. The quantitative estimate of drug-likeness (QED) is 0.922. The van der Waals surface area contributed by atoms with Crippen molar-refractivity contribution in [2.45, 2.75) is 44.8 Å². The Balaban J connectivity index is 1.77. The maximum Gasteiger partial charge on any atom is 0.0634 e. The first kappa shape index (κ1) is 13.3. The van der Waals surface area contributed by atoms with E-state index in [-0.39, 0.29) is 5.54 Å². The Bertz CT molecular complexity index is 456. The summed E-state index contributed by atoms with van der Waals surface area (Å²) in [6, 6.07) is 2.71. The Morgan fingerprint density at radius 3 is 2.95 bits per heavy atom. The zero-order valence-corrected chi connectivity index (χ0v) is 12.5. The Hall–Kier alpha value is -0.640. The zero-order chi connectivity index (χ0) is 13.5. The maximum atomic E-state index is 6.25. The molecule has 1 N–H and O–H groups in total. The lowest BCUT2D eigenvalue weighted by Crippen LogP contribution is -2.61. The number of halogens is 1. The van der Waals surface area contributed by atoms with Crippen molar-refractivity contribution in [3.63, 3.8) is 0 Å². The van der Waals surface area contributed by atoms with Crippen LogP contribution in [0, 0.1) is 5.92 Å². The van der Waals surface area contributed by atoms with Gasteiger partial charge in [-0.05, 0) is 44.2 Å². The van der Waals surface area contributed by atoms with E-state index in [0.29, 0.717) is 6.04 Å². The largest absolute Gasteiger partial charge is 0.309 e. The molecular weight excluding hydrogens is 258 g/mol. The summed E-state index contributed by atoms with van der Waals surface area (Å²) in [5, 5.41) is 4.46. The van der Waals surface area contributed by atoms with Crippen molar-refractivity contribution in [1.82, 2.24) is 15.2 Å². The zero-order valence-electron chi connectivity index (χ0n) is 11.7. The fraction of sp³-hybridized carbons (Fsp3) is 0.667. The molecule has 1 saturated carbocycles. The Morgan fingerprint density at radius 1 is 1.47 bits per heavy atom. The van der Waals surface area contributed by atoms with Crippen LogP contribution < -0.4 is 5.32 Å². The van der Waals surface area contributed by atoms with Gasteiger partial charge >= 0.3 is 0 Å². The molecule has 2 fully saturated rings. The highest BCUT2D eigenvalue weighted by atomic mass is 35.5. The van der Waals surface area contributed by atoms with Crippen molar-refractivity contribution in [3.8, 4) is 0 Å². The van der Waals surface area contributed by atoms with Gasteiger partial charge in [-0.1, -0.05) is 11.6 Å². The van der Waals surface area contributed by atoms with Gasteiger partial charge < -0.3 is 5.32 Å². The molecule has 0 amide bonds. The molecule has 0 spiro atoms. The number of nitrogens with zero attached hydrogens (tertiary/aromatic N) is 2. The second kappa shape index (κ2) is 5.04. The first-order valence-corrected chi connectivity index (χ1v) is 7.50. The summed E-state index contributed by atoms with van der Waals surface area (Å²) in [7, 11) is 0. The molecule has 1 unspecified atom stereocenters. The summed E-state index contributed by atoms with van der Waals surface area (Å²) in [5.74, 6) is 0.879. The van der Waals surface area contributed by atoms with Crippen molar-refractivity contribution in [2.24, 2.45) is 5.92 Å². The highest BCUT2D eigenvalue weighted by molar-refractivity contribution is 6.31. The van der Waals surface area contributed by atoms with E-state index < -0.39 is 0 Å². The molecule has 1 saturated heterocycles. The first-order valence-electron chi connectivity index (χ1n) is 7.13. The molecule has 2 aliphatic rings. The summed E-state index contributed by atoms with van der Waals surface area (Å²) in [4.78, 5) is 6.68. The summed E-state index contributed by atoms with van der Waals surface area (Å²) < 4.78 is 0. The lowest BCUT2D eigenvalue weighted by atomic mass is 9.96.